The van der Waals surface area contributed by atoms with Gasteiger partial charge in [0.25, 0.3) is 0 Å². The predicted octanol–water partition coefficient (Wildman–Crippen LogP) is 8.42. The second-order valence-electron chi connectivity index (χ2n) is 9.74. The molecule has 32 heavy (non-hydrogen) atoms. The van der Waals surface area contributed by atoms with Crippen LogP contribution >= 0.6 is 0 Å². The molecule has 0 aliphatic heterocycles. The van der Waals surface area contributed by atoms with Crippen LogP contribution in [0.15, 0.2) is 36.7 Å². The first-order valence-corrected chi connectivity index (χ1v) is 13.3. The van der Waals surface area contributed by atoms with Gasteiger partial charge in [0.05, 0.1) is 6.61 Å². The molecule has 3 nitrogen and oxygen atoms in total. The van der Waals surface area contributed by atoms with E-state index in [0.29, 0.717) is 0 Å². The van der Waals surface area contributed by atoms with Gasteiger partial charge in [-0.1, -0.05) is 78.1 Å². The summed E-state index contributed by atoms with van der Waals surface area (Å²) in [5.74, 6) is 3.65. The van der Waals surface area contributed by atoms with Crippen molar-refractivity contribution in [3.8, 4) is 17.1 Å². The molecule has 1 aliphatic rings. The van der Waals surface area contributed by atoms with Gasteiger partial charge in [-0.05, 0) is 67.3 Å². The van der Waals surface area contributed by atoms with Crippen molar-refractivity contribution in [2.75, 3.05) is 6.61 Å². The lowest BCUT2D eigenvalue weighted by molar-refractivity contribution is 0.234. The van der Waals surface area contributed by atoms with Gasteiger partial charge >= 0.3 is 0 Å². The van der Waals surface area contributed by atoms with E-state index >= 15 is 0 Å². The Balaban J connectivity index is 1.34. The molecule has 1 saturated carbocycles. The van der Waals surface area contributed by atoms with Crippen LogP contribution in [0.3, 0.4) is 0 Å². The number of unbranched alkanes of at least 4 members (excludes halogenated alkanes) is 5. The average Bonchev–Trinajstić information content (AvgIpc) is 2.85. The number of nitrogens with zero attached hydrogens (tertiary/aromatic N) is 2. The highest BCUT2D eigenvalue weighted by molar-refractivity contribution is 5.55. The maximum atomic E-state index is 5.99. The van der Waals surface area contributed by atoms with Gasteiger partial charge in [-0.25, -0.2) is 9.97 Å². The fraction of sp³-hybridized carbons (Fsp3) is 0.655. The van der Waals surface area contributed by atoms with Gasteiger partial charge in [0.2, 0.25) is 0 Å². The molecule has 0 radical (unpaired) electrons. The van der Waals surface area contributed by atoms with Gasteiger partial charge < -0.3 is 4.74 Å². The monoisotopic (exact) mass is 436 g/mol. The van der Waals surface area contributed by atoms with E-state index in [0.717, 1.165) is 48.4 Å². The van der Waals surface area contributed by atoms with Gasteiger partial charge in [-0.3, -0.25) is 0 Å². The average molecular weight is 437 g/mol. The van der Waals surface area contributed by atoms with Crippen LogP contribution in [0.25, 0.3) is 11.4 Å². The molecule has 1 aromatic carbocycles. The van der Waals surface area contributed by atoms with Crippen LogP contribution < -0.4 is 4.74 Å². The van der Waals surface area contributed by atoms with Crippen LogP contribution in [0, 0.1) is 11.8 Å². The van der Waals surface area contributed by atoms with Crippen molar-refractivity contribution in [3.63, 3.8) is 0 Å². The highest BCUT2D eigenvalue weighted by Crippen LogP contribution is 2.33. The molecule has 3 heteroatoms. The summed E-state index contributed by atoms with van der Waals surface area (Å²) in [6.07, 6.45) is 22.5. The Bertz CT molecular complexity index is 733. The lowest BCUT2D eigenvalue weighted by Gasteiger charge is -2.27. The topological polar surface area (TPSA) is 35.0 Å². The summed E-state index contributed by atoms with van der Waals surface area (Å²) in [5, 5.41) is 0. The molecule has 0 saturated heterocycles. The third-order valence-electron chi connectivity index (χ3n) is 7.21. The minimum atomic E-state index is 0.797. The zero-order valence-electron chi connectivity index (χ0n) is 20.5. The molecule has 0 unspecified atom stereocenters. The van der Waals surface area contributed by atoms with Crippen molar-refractivity contribution in [1.82, 2.24) is 9.97 Å². The van der Waals surface area contributed by atoms with Gasteiger partial charge in [0.15, 0.2) is 5.82 Å². The predicted molar refractivity (Wildman–Crippen MR) is 135 cm³/mol. The van der Waals surface area contributed by atoms with Crippen molar-refractivity contribution in [3.05, 3.63) is 42.2 Å². The molecule has 0 spiro atoms. The molecule has 176 valence electrons. The second-order valence-corrected chi connectivity index (χ2v) is 9.74. The van der Waals surface area contributed by atoms with Gasteiger partial charge in [0, 0.05) is 18.0 Å². The quantitative estimate of drug-likeness (QED) is 0.279. The molecule has 1 fully saturated rings. The first-order chi connectivity index (χ1) is 15.8. The van der Waals surface area contributed by atoms with E-state index in [1.54, 1.807) is 0 Å². The second kappa shape index (κ2) is 14.3. The number of hydrogen-bond acceptors (Lipinski definition) is 3. The third-order valence-corrected chi connectivity index (χ3v) is 7.21. The Kier molecular flexibility index (Phi) is 11.0. The van der Waals surface area contributed by atoms with E-state index in [1.807, 2.05) is 12.4 Å². The zero-order valence-corrected chi connectivity index (χ0v) is 20.5. The van der Waals surface area contributed by atoms with E-state index in [1.165, 1.54) is 82.6 Å². The Labute approximate surface area is 196 Å². The number of benzene rings is 1. The van der Waals surface area contributed by atoms with Crippen molar-refractivity contribution in [1.29, 1.82) is 0 Å². The number of rotatable bonds is 14. The Hall–Kier alpha value is -1.90. The maximum Gasteiger partial charge on any atom is 0.159 e. The largest absolute Gasteiger partial charge is 0.494 e. The summed E-state index contributed by atoms with van der Waals surface area (Å²) in [6.45, 7) is 5.42. The first-order valence-electron chi connectivity index (χ1n) is 13.3. The van der Waals surface area contributed by atoms with Crippen LogP contribution in [-0.4, -0.2) is 16.6 Å². The smallest absolute Gasteiger partial charge is 0.159 e. The SMILES string of the molecule is CCCCCCCCc1cnc(-c2ccc(OCCCC3CCC(CC)CC3)cc2)nc1. The van der Waals surface area contributed by atoms with Gasteiger partial charge in [-0.2, -0.15) is 0 Å². The molecule has 1 heterocycles. The molecule has 3 rings (SSSR count). The molecular formula is C29H44N2O. The third kappa shape index (κ3) is 8.56. The molecule has 0 bridgehead atoms. The van der Waals surface area contributed by atoms with Gasteiger partial charge in [-0.15, -0.1) is 0 Å². The summed E-state index contributed by atoms with van der Waals surface area (Å²) >= 11 is 0. The number of aryl methyl sites for hydroxylation is 1. The van der Waals surface area contributed by atoms with E-state index in [4.69, 9.17) is 4.74 Å². The van der Waals surface area contributed by atoms with Crippen LogP contribution in [0.5, 0.6) is 5.75 Å². The maximum absolute atomic E-state index is 5.99. The Morgan fingerprint density at radius 1 is 0.781 bits per heavy atom. The fourth-order valence-corrected chi connectivity index (χ4v) is 4.93. The minimum Gasteiger partial charge on any atom is -0.494 e. The van der Waals surface area contributed by atoms with Crippen LogP contribution in [0.2, 0.25) is 0 Å². The van der Waals surface area contributed by atoms with Crippen LogP contribution in [0.1, 0.15) is 103 Å². The van der Waals surface area contributed by atoms with Crippen molar-refractivity contribution in [2.45, 2.75) is 104 Å². The number of aromatic nitrogens is 2. The summed E-state index contributed by atoms with van der Waals surface area (Å²) in [6, 6.07) is 8.25. The van der Waals surface area contributed by atoms with E-state index in [2.05, 4.69) is 48.1 Å². The molecule has 0 N–H and O–H groups in total. The highest BCUT2D eigenvalue weighted by atomic mass is 16.5. The standard InChI is InChI=1S/C29H44N2O/c1-3-5-6-7-8-9-11-26-22-30-29(31-23-26)27-17-19-28(20-18-27)32-21-10-12-25-15-13-24(4-2)14-16-25/h17-20,22-25H,3-16,21H2,1-2H3. The zero-order chi connectivity index (χ0) is 22.4. The normalized spacial score (nSPS) is 18.6. The highest BCUT2D eigenvalue weighted by Gasteiger charge is 2.19. The first kappa shape index (κ1) is 24.7. The summed E-state index contributed by atoms with van der Waals surface area (Å²) < 4.78 is 5.99. The Morgan fingerprint density at radius 3 is 2.12 bits per heavy atom. The van der Waals surface area contributed by atoms with Crippen molar-refractivity contribution < 1.29 is 4.74 Å². The Morgan fingerprint density at radius 2 is 1.44 bits per heavy atom. The molecule has 0 atom stereocenters. The fourth-order valence-electron chi connectivity index (χ4n) is 4.93. The van der Waals surface area contributed by atoms with E-state index < -0.39 is 0 Å². The molecule has 0 amide bonds. The molecule has 2 aromatic rings. The van der Waals surface area contributed by atoms with Gasteiger partial charge in [0.1, 0.15) is 5.75 Å². The number of ether oxygens (including phenoxy) is 1. The van der Waals surface area contributed by atoms with Crippen LogP contribution in [0.4, 0.5) is 0 Å². The summed E-state index contributed by atoms with van der Waals surface area (Å²) in [7, 11) is 0. The van der Waals surface area contributed by atoms with E-state index in [9.17, 15) is 0 Å². The minimum absolute atomic E-state index is 0.797. The van der Waals surface area contributed by atoms with Crippen molar-refractivity contribution >= 4 is 0 Å². The van der Waals surface area contributed by atoms with Crippen LogP contribution in [-0.2, 0) is 6.42 Å². The summed E-state index contributed by atoms with van der Waals surface area (Å²) in [5.41, 5.74) is 2.29. The molecule has 1 aliphatic carbocycles. The van der Waals surface area contributed by atoms with Crippen molar-refractivity contribution in [2.24, 2.45) is 11.8 Å². The lowest BCUT2D eigenvalue weighted by Crippen LogP contribution is -2.14. The lowest BCUT2D eigenvalue weighted by atomic mass is 9.79. The molecule has 1 aromatic heterocycles. The van der Waals surface area contributed by atoms with E-state index in [-0.39, 0.29) is 0 Å². The number of hydrogen-bond donors (Lipinski definition) is 0. The summed E-state index contributed by atoms with van der Waals surface area (Å²) in [4.78, 5) is 9.19. The molecular weight excluding hydrogens is 392 g/mol.